The van der Waals surface area contributed by atoms with Crippen LogP contribution < -0.4 is 15.4 Å². The van der Waals surface area contributed by atoms with E-state index in [0.29, 0.717) is 16.8 Å². The van der Waals surface area contributed by atoms with Gasteiger partial charge in [-0.3, -0.25) is 9.88 Å². The first kappa shape index (κ1) is 24.8. The van der Waals surface area contributed by atoms with Crippen LogP contribution in [-0.2, 0) is 9.47 Å². The minimum atomic E-state index is -0.234. The monoisotopic (exact) mass is 532 g/mol. The maximum Gasteiger partial charge on any atom is 0.229 e. The maximum atomic E-state index is 6.21. The Labute approximate surface area is 226 Å². The van der Waals surface area contributed by atoms with Gasteiger partial charge in [-0.25, -0.2) is 4.98 Å². The third-order valence-electron chi connectivity index (χ3n) is 7.05. The minimum absolute atomic E-state index is 0.128. The quantitative estimate of drug-likeness (QED) is 0.310. The van der Waals surface area contributed by atoms with Gasteiger partial charge in [-0.2, -0.15) is 4.98 Å². The number of nitrogens with zero attached hydrogens (tertiary/aromatic N) is 4. The van der Waals surface area contributed by atoms with E-state index in [1.807, 2.05) is 48.5 Å². The fraction of sp³-hybridized carbons (Fsp3) is 0.321. The lowest BCUT2D eigenvalue weighted by Gasteiger charge is -2.53. The second-order valence-electron chi connectivity index (χ2n) is 9.50. The van der Waals surface area contributed by atoms with E-state index < -0.39 is 0 Å². The zero-order chi connectivity index (χ0) is 26.0. The Kier molecular flexibility index (Phi) is 6.99. The topological polar surface area (TPSA) is 93.7 Å². The molecule has 1 saturated heterocycles. The second kappa shape index (κ2) is 10.7. The molecule has 10 heteroatoms. The van der Waals surface area contributed by atoms with E-state index in [-0.39, 0.29) is 11.8 Å². The number of benzene rings is 2. The summed E-state index contributed by atoms with van der Waals surface area (Å²) in [6.07, 6.45) is 5.29. The van der Waals surface area contributed by atoms with Gasteiger partial charge in [-0.15, -0.1) is 0 Å². The number of pyridine rings is 1. The Balaban J connectivity index is 1.05. The molecule has 1 aliphatic heterocycles. The van der Waals surface area contributed by atoms with Crippen LogP contribution >= 0.6 is 11.6 Å². The molecule has 0 atom stereocenters. The van der Waals surface area contributed by atoms with Crippen LogP contribution in [-0.4, -0.2) is 65.1 Å². The standard InChI is InChI=1S/C28H29ClN6O3/c1-36-28(35-10-12-37-13-11-35)16-24(17-28)38-23-5-3-21(4-6-23)33-27-30-9-8-26(34-27)32-22-15-19-14-20(29)2-7-25(19)31-18-22/h2-9,14-15,18,24H,10-13,16-17H2,1H3,(H2,30,32,33,34). The van der Waals surface area contributed by atoms with E-state index in [9.17, 15) is 0 Å². The van der Waals surface area contributed by atoms with Gasteiger partial charge < -0.3 is 24.8 Å². The summed E-state index contributed by atoms with van der Waals surface area (Å²) in [5, 5.41) is 8.16. The largest absolute Gasteiger partial charge is 0.490 e. The van der Waals surface area contributed by atoms with E-state index >= 15 is 0 Å². The Bertz CT molecular complexity index is 1410. The number of ether oxygens (including phenoxy) is 3. The van der Waals surface area contributed by atoms with Crippen LogP contribution in [0.3, 0.4) is 0 Å². The first-order valence-electron chi connectivity index (χ1n) is 12.7. The molecule has 6 rings (SSSR count). The molecule has 0 spiro atoms. The maximum absolute atomic E-state index is 6.21. The molecule has 1 aliphatic carbocycles. The van der Waals surface area contributed by atoms with Crippen molar-refractivity contribution in [3.05, 3.63) is 72.0 Å². The summed E-state index contributed by atoms with van der Waals surface area (Å²) >= 11 is 6.12. The van der Waals surface area contributed by atoms with Crippen molar-refractivity contribution in [2.45, 2.75) is 24.7 Å². The molecule has 38 heavy (non-hydrogen) atoms. The van der Waals surface area contributed by atoms with Gasteiger partial charge in [0, 0.05) is 55.3 Å². The second-order valence-corrected chi connectivity index (χ2v) is 9.94. The van der Waals surface area contributed by atoms with Crippen molar-refractivity contribution < 1.29 is 14.2 Å². The van der Waals surface area contributed by atoms with Crippen molar-refractivity contribution in [3.8, 4) is 5.75 Å². The minimum Gasteiger partial charge on any atom is -0.490 e. The summed E-state index contributed by atoms with van der Waals surface area (Å²) in [5.74, 6) is 1.96. The van der Waals surface area contributed by atoms with E-state index in [4.69, 9.17) is 25.8 Å². The average molecular weight is 533 g/mol. The molecule has 2 aliphatic rings. The zero-order valence-corrected chi connectivity index (χ0v) is 21.8. The van der Waals surface area contributed by atoms with Crippen LogP contribution in [0.4, 0.5) is 23.1 Å². The van der Waals surface area contributed by atoms with Crippen LogP contribution in [0, 0.1) is 0 Å². The van der Waals surface area contributed by atoms with Gasteiger partial charge in [0.1, 0.15) is 23.4 Å². The summed E-state index contributed by atoms with van der Waals surface area (Å²) in [5.41, 5.74) is 2.32. The Hall–Kier alpha value is -3.50. The lowest BCUT2D eigenvalue weighted by molar-refractivity contribution is -0.233. The predicted molar refractivity (Wildman–Crippen MR) is 148 cm³/mol. The molecule has 4 aromatic rings. The van der Waals surface area contributed by atoms with Crippen molar-refractivity contribution in [1.29, 1.82) is 0 Å². The average Bonchev–Trinajstić information content (AvgIpc) is 2.92. The smallest absolute Gasteiger partial charge is 0.229 e. The third-order valence-corrected chi connectivity index (χ3v) is 7.28. The SMILES string of the molecule is COC1(N2CCOCC2)CC(Oc2ccc(Nc3nccc(Nc4cnc5ccc(Cl)cc5c4)n3)cc2)C1. The summed E-state index contributed by atoms with van der Waals surface area (Å²) < 4.78 is 17.6. The molecule has 3 heterocycles. The molecule has 2 aromatic heterocycles. The van der Waals surface area contributed by atoms with Gasteiger partial charge in [-0.1, -0.05) is 11.6 Å². The number of methoxy groups -OCH3 is 1. The van der Waals surface area contributed by atoms with Gasteiger partial charge >= 0.3 is 0 Å². The number of nitrogens with one attached hydrogen (secondary N) is 2. The van der Waals surface area contributed by atoms with Crippen molar-refractivity contribution in [1.82, 2.24) is 19.9 Å². The van der Waals surface area contributed by atoms with E-state index in [1.54, 1.807) is 25.6 Å². The van der Waals surface area contributed by atoms with Crippen LogP contribution in [0.5, 0.6) is 5.75 Å². The number of fused-ring (bicyclic) bond motifs is 1. The Morgan fingerprint density at radius 1 is 0.974 bits per heavy atom. The number of halogens is 1. The number of anilines is 4. The fourth-order valence-electron chi connectivity index (χ4n) is 5.01. The fourth-order valence-corrected chi connectivity index (χ4v) is 5.19. The van der Waals surface area contributed by atoms with Crippen LogP contribution in [0.1, 0.15) is 12.8 Å². The molecule has 0 unspecified atom stereocenters. The molecule has 2 aromatic carbocycles. The summed E-state index contributed by atoms with van der Waals surface area (Å²) in [4.78, 5) is 15.8. The van der Waals surface area contributed by atoms with E-state index in [0.717, 1.165) is 67.2 Å². The highest BCUT2D eigenvalue weighted by Gasteiger charge is 2.50. The van der Waals surface area contributed by atoms with Gasteiger partial charge in [0.05, 0.1) is 30.6 Å². The van der Waals surface area contributed by atoms with E-state index in [2.05, 4.69) is 30.5 Å². The van der Waals surface area contributed by atoms with Crippen molar-refractivity contribution in [3.63, 3.8) is 0 Å². The van der Waals surface area contributed by atoms with Crippen LogP contribution in [0.15, 0.2) is 67.0 Å². The molecule has 0 amide bonds. The number of morpholine rings is 1. The Morgan fingerprint density at radius 3 is 2.58 bits per heavy atom. The summed E-state index contributed by atoms with van der Waals surface area (Å²) in [6, 6.07) is 17.2. The molecular formula is C28H29ClN6O3. The normalized spacial score (nSPS) is 21.6. The van der Waals surface area contributed by atoms with E-state index in [1.165, 1.54) is 0 Å². The van der Waals surface area contributed by atoms with Crippen molar-refractivity contribution in [2.24, 2.45) is 0 Å². The van der Waals surface area contributed by atoms with Crippen molar-refractivity contribution in [2.75, 3.05) is 44.0 Å². The molecule has 2 fully saturated rings. The molecule has 196 valence electrons. The number of hydrogen-bond acceptors (Lipinski definition) is 9. The Morgan fingerprint density at radius 2 is 1.79 bits per heavy atom. The van der Waals surface area contributed by atoms with Gasteiger partial charge in [-0.05, 0) is 54.6 Å². The first-order valence-corrected chi connectivity index (χ1v) is 13.0. The number of aromatic nitrogens is 3. The third kappa shape index (κ3) is 5.37. The van der Waals surface area contributed by atoms with Gasteiger partial charge in [0.15, 0.2) is 0 Å². The highest BCUT2D eigenvalue weighted by Crippen LogP contribution is 2.41. The highest BCUT2D eigenvalue weighted by atomic mass is 35.5. The molecular weight excluding hydrogens is 504 g/mol. The van der Waals surface area contributed by atoms with Crippen LogP contribution in [0.25, 0.3) is 10.9 Å². The zero-order valence-electron chi connectivity index (χ0n) is 21.1. The molecule has 1 saturated carbocycles. The van der Waals surface area contributed by atoms with Crippen LogP contribution in [0.2, 0.25) is 5.02 Å². The van der Waals surface area contributed by atoms with Crippen molar-refractivity contribution >= 4 is 45.6 Å². The number of hydrogen-bond donors (Lipinski definition) is 2. The highest BCUT2D eigenvalue weighted by molar-refractivity contribution is 6.31. The summed E-state index contributed by atoms with van der Waals surface area (Å²) in [7, 11) is 1.79. The predicted octanol–water partition coefficient (Wildman–Crippen LogP) is 5.38. The molecule has 0 radical (unpaired) electrons. The lowest BCUT2D eigenvalue weighted by Crippen LogP contribution is -2.64. The van der Waals surface area contributed by atoms with Gasteiger partial charge in [0.25, 0.3) is 0 Å². The number of rotatable bonds is 8. The molecule has 0 bridgehead atoms. The van der Waals surface area contributed by atoms with Gasteiger partial charge in [0.2, 0.25) is 5.95 Å². The molecule has 9 nitrogen and oxygen atoms in total. The summed E-state index contributed by atoms with van der Waals surface area (Å²) in [6.45, 7) is 3.30. The first-order chi connectivity index (χ1) is 18.6. The molecule has 2 N–H and O–H groups in total. The lowest BCUT2D eigenvalue weighted by atomic mass is 9.82.